The molecule has 0 fully saturated rings. The molecule has 0 unspecified atom stereocenters. The average molecular weight is 188 g/mol. The molecular formula is C9H10F2O2. The highest BCUT2D eigenvalue weighted by Gasteiger charge is 2.12. The lowest BCUT2D eigenvalue weighted by molar-refractivity contribution is 0.293. The van der Waals surface area contributed by atoms with Crippen LogP contribution in [-0.2, 0) is 6.42 Å². The Balaban J connectivity index is 3.15. The first kappa shape index (κ1) is 9.92. The van der Waals surface area contributed by atoms with Crippen molar-refractivity contribution >= 4 is 0 Å². The van der Waals surface area contributed by atoms with Crippen molar-refractivity contribution in [1.29, 1.82) is 0 Å². The third-order valence-corrected chi connectivity index (χ3v) is 1.73. The van der Waals surface area contributed by atoms with E-state index in [0.717, 1.165) is 6.07 Å². The first-order chi connectivity index (χ1) is 6.20. The summed E-state index contributed by atoms with van der Waals surface area (Å²) in [6.07, 6.45) is 0.0484. The van der Waals surface area contributed by atoms with Crippen LogP contribution < -0.4 is 4.74 Å². The van der Waals surface area contributed by atoms with Gasteiger partial charge in [0.2, 0.25) is 0 Å². The molecule has 72 valence electrons. The van der Waals surface area contributed by atoms with Crippen molar-refractivity contribution in [3.63, 3.8) is 0 Å². The van der Waals surface area contributed by atoms with E-state index in [4.69, 9.17) is 9.84 Å². The fourth-order valence-electron chi connectivity index (χ4n) is 1.11. The predicted octanol–water partition coefficient (Wildman–Crippen LogP) is 1.51. The second-order valence-corrected chi connectivity index (χ2v) is 2.52. The van der Waals surface area contributed by atoms with Crippen LogP contribution >= 0.6 is 0 Å². The Morgan fingerprint density at radius 2 is 2.08 bits per heavy atom. The molecule has 1 N–H and O–H groups in total. The topological polar surface area (TPSA) is 29.5 Å². The van der Waals surface area contributed by atoms with E-state index in [2.05, 4.69) is 0 Å². The molecule has 13 heavy (non-hydrogen) atoms. The molecule has 0 aromatic heterocycles. The van der Waals surface area contributed by atoms with Crippen molar-refractivity contribution < 1.29 is 18.6 Å². The fraction of sp³-hybridized carbons (Fsp3) is 0.333. The molecule has 0 aliphatic carbocycles. The molecule has 0 aliphatic rings. The van der Waals surface area contributed by atoms with Gasteiger partial charge in [0, 0.05) is 18.6 Å². The van der Waals surface area contributed by atoms with E-state index in [1.165, 1.54) is 13.2 Å². The summed E-state index contributed by atoms with van der Waals surface area (Å²) in [7, 11) is 1.37. The first-order valence-electron chi connectivity index (χ1n) is 3.82. The van der Waals surface area contributed by atoms with Crippen molar-refractivity contribution in [2.75, 3.05) is 13.7 Å². The minimum atomic E-state index is -0.951. The number of rotatable bonds is 3. The van der Waals surface area contributed by atoms with E-state index < -0.39 is 11.6 Å². The lowest BCUT2D eigenvalue weighted by atomic mass is 10.1. The number of aliphatic hydroxyl groups excluding tert-OH is 1. The first-order valence-corrected chi connectivity index (χ1v) is 3.82. The van der Waals surface area contributed by atoms with Gasteiger partial charge in [0.15, 0.2) is 11.6 Å². The van der Waals surface area contributed by atoms with Crippen molar-refractivity contribution in [2.45, 2.75) is 6.42 Å². The summed E-state index contributed by atoms with van der Waals surface area (Å²) in [5.41, 5.74) is 0.0741. The molecule has 0 radical (unpaired) electrons. The summed E-state index contributed by atoms with van der Waals surface area (Å²) in [5, 5.41) is 8.61. The number of methoxy groups -OCH3 is 1. The highest BCUT2D eigenvalue weighted by molar-refractivity contribution is 5.35. The number of hydrogen-bond acceptors (Lipinski definition) is 2. The summed E-state index contributed by atoms with van der Waals surface area (Å²) in [6, 6.07) is 2.33. The van der Waals surface area contributed by atoms with Crippen LogP contribution in [0.4, 0.5) is 8.78 Å². The zero-order valence-electron chi connectivity index (χ0n) is 7.18. The van der Waals surface area contributed by atoms with Gasteiger partial charge in [-0.25, -0.2) is 8.78 Å². The van der Waals surface area contributed by atoms with Crippen LogP contribution in [0, 0.1) is 11.6 Å². The molecule has 0 heterocycles. The summed E-state index contributed by atoms with van der Waals surface area (Å²) in [4.78, 5) is 0. The molecular weight excluding hydrogens is 178 g/mol. The van der Waals surface area contributed by atoms with Gasteiger partial charge in [-0.1, -0.05) is 0 Å². The lowest BCUT2D eigenvalue weighted by Gasteiger charge is -2.08. The molecule has 0 aliphatic heterocycles. The second kappa shape index (κ2) is 4.18. The highest BCUT2D eigenvalue weighted by Crippen LogP contribution is 2.23. The Labute approximate surface area is 74.8 Å². The van der Waals surface area contributed by atoms with E-state index in [1.54, 1.807) is 0 Å². The van der Waals surface area contributed by atoms with E-state index in [0.29, 0.717) is 0 Å². The van der Waals surface area contributed by atoms with Gasteiger partial charge in [0.05, 0.1) is 7.11 Å². The Morgan fingerprint density at radius 1 is 1.38 bits per heavy atom. The zero-order chi connectivity index (χ0) is 9.84. The van der Waals surface area contributed by atoms with Gasteiger partial charge < -0.3 is 9.84 Å². The molecule has 0 spiro atoms. The maximum Gasteiger partial charge on any atom is 0.165 e. The molecule has 4 heteroatoms. The Morgan fingerprint density at radius 3 is 2.62 bits per heavy atom. The van der Waals surface area contributed by atoms with E-state index >= 15 is 0 Å². The number of halogens is 2. The SMILES string of the molecule is COc1ccc(F)c(F)c1CCO. The summed E-state index contributed by atoms with van der Waals surface area (Å²) < 4.78 is 30.6. The van der Waals surface area contributed by atoms with Crippen molar-refractivity contribution in [3.05, 3.63) is 29.3 Å². The molecule has 0 bridgehead atoms. The third kappa shape index (κ3) is 1.95. The van der Waals surface area contributed by atoms with E-state index in [9.17, 15) is 8.78 Å². The van der Waals surface area contributed by atoms with Crippen LogP contribution in [0.1, 0.15) is 5.56 Å². The molecule has 1 aromatic rings. The fourth-order valence-corrected chi connectivity index (χ4v) is 1.11. The smallest absolute Gasteiger partial charge is 0.165 e. The number of benzene rings is 1. The van der Waals surface area contributed by atoms with Gasteiger partial charge in [-0.15, -0.1) is 0 Å². The molecule has 0 atom stereocenters. The summed E-state index contributed by atoms with van der Waals surface area (Å²) >= 11 is 0. The maximum atomic E-state index is 13.1. The monoisotopic (exact) mass is 188 g/mol. The molecule has 1 rings (SSSR count). The summed E-state index contributed by atoms with van der Waals surface area (Å²) in [5.74, 6) is -1.62. The van der Waals surface area contributed by atoms with Gasteiger partial charge in [0.1, 0.15) is 5.75 Å². The maximum absolute atomic E-state index is 13.1. The van der Waals surface area contributed by atoms with Crippen LogP contribution in [0.3, 0.4) is 0 Å². The van der Waals surface area contributed by atoms with Gasteiger partial charge in [0.25, 0.3) is 0 Å². The van der Waals surface area contributed by atoms with Crippen LogP contribution in [0.25, 0.3) is 0 Å². The van der Waals surface area contributed by atoms with Crippen molar-refractivity contribution in [2.24, 2.45) is 0 Å². The third-order valence-electron chi connectivity index (χ3n) is 1.73. The van der Waals surface area contributed by atoms with Gasteiger partial charge in [-0.05, 0) is 12.1 Å². The standard InChI is InChI=1S/C9H10F2O2/c1-13-8-3-2-7(10)9(11)6(8)4-5-12/h2-3,12H,4-5H2,1H3. The Bertz CT molecular complexity index is 300. The molecule has 2 nitrogen and oxygen atoms in total. The van der Waals surface area contributed by atoms with Crippen LogP contribution in [0.15, 0.2) is 12.1 Å². The van der Waals surface area contributed by atoms with E-state index in [1.807, 2.05) is 0 Å². The summed E-state index contributed by atoms with van der Waals surface area (Å²) in [6.45, 7) is -0.239. The van der Waals surface area contributed by atoms with E-state index in [-0.39, 0.29) is 24.3 Å². The Hall–Kier alpha value is -1.16. The van der Waals surface area contributed by atoms with Crippen molar-refractivity contribution in [3.8, 4) is 5.75 Å². The lowest BCUT2D eigenvalue weighted by Crippen LogP contribution is -2.01. The molecule has 0 amide bonds. The second-order valence-electron chi connectivity index (χ2n) is 2.52. The van der Waals surface area contributed by atoms with Crippen molar-refractivity contribution in [1.82, 2.24) is 0 Å². The molecule has 1 aromatic carbocycles. The normalized spacial score (nSPS) is 10.2. The zero-order valence-corrected chi connectivity index (χ0v) is 7.18. The van der Waals surface area contributed by atoms with Crippen LogP contribution in [0.2, 0.25) is 0 Å². The van der Waals surface area contributed by atoms with Gasteiger partial charge in [-0.3, -0.25) is 0 Å². The van der Waals surface area contributed by atoms with Crippen LogP contribution in [-0.4, -0.2) is 18.8 Å². The minimum absolute atomic E-state index is 0.0484. The number of aliphatic hydroxyl groups is 1. The number of ether oxygens (including phenoxy) is 1. The Kier molecular flexibility index (Phi) is 3.19. The predicted molar refractivity (Wildman–Crippen MR) is 43.7 cm³/mol. The molecule has 0 saturated carbocycles. The minimum Gasteiger partial charge on any atom is -0.496 e. The number of hydrogen-bond donors (Lipinski definition) is 1. The highest BCUT2D eigenvalue weighted by atomic mass is 19.2. The largest absolute Gasteiger partial charge is 0.496 e. The molecule has 0 saturated heterocycles. The quantitative estimate of drug-likeness (QED) is 0.779. The average Bonchev–Trinajstić information content (AvgIpc) is 2.14. The van der Waals surface area contributed by atoms with Crippen LogP contribution in [0.5, 0.6) is 5.75 Å². The van der Waals surface area contributed by atoms with Gasteiger partial charge in [-0.2, -0.15) is 0 Å². The van der Waals surface area contributed by atoms with Gasteiger partial charge >= 0.3 is 0 Å².